The fourth-order valence-corrected chi connectivity index (χ4v) is 1.90. The minimum absolute atomic E-state index is 0.0945. The molecule has 0 aromatic carbocycles. The second-order valence-electron chi connectivity index (χ2n) is 4.73. The van der Waals surface area contributed by atoms with Crippen molar-refractivity contribution in [1.82, 2.24) is 10.3 Å². The Morgan fingerprint density at radius 3 is 3.29 bits per heavy atom. The molecule has 1 unspecified atom stereocenters. The van der Waals surface area contributed by atoms with E-state index in [1.54, 1.807) is 13.3 Å². The van der Waals surface area contributed by atoms with Crippen molar-refractivity contribution < 1.29 is 14.2 Å². The minimum atomic E-state index is 0.0945. The number of ether oxygens (including phenoxy) is 3. The zero-order chi connectivity index (χ0) is 14.9. The molecule has 1 aliphatic heterocycles. The van der Waals surface area contributed by atoms with Crippen LogP contribution in [0.15, 0.2) is 23.3 Å². The van der Waals surface area contributed by atoms with Crippen LogP contribution >= 0.6 is 0 Å². The Morgan fingerprint density at radius 1 is 1.62 bits per heavy atom. The van der Waals surface area contributed by atoms with Crippen LogP contribution in [0.3, 0.4) is 0 Å². The third-order valence-corrected chi connectivity index (χ3v) is 3.02. The van der Waals surface area contributed by atoms with Gasteiger partial charge in [0.25, 0.3) is 0 Å². The van der Waals surface area contributed by atoms with Gasteiger partial charge < -0.3 is 25.3 Å². The third kappa shape index (κ3) is 5.57. The van der Waals surface area contributed by atoms with E-state index in [9.17, 15) is 0 Å². The van der Waals surface area contributed by atoms with Crippen LogP contribution in [0.2, 0.25) is 0 Å². The number of aliphatic imine (C=N–C) groups is 1. The van der Waals surface area contributed by atoms with Gasteiger partial charge in [0.2, 0.25) is 5.88 Å². The lowest BCUT2D eigenvalue weighted by Crippen LogP contribution is -2.34. The van der Waals surface area contributed by atoms with Crippen molar-refractivity contribution in [1.29, 1.82) is 0 Å². The smallest absolute Gasteiger partial charge is 0.213 e. The highest BCUT2D eigenvalue weighted by molar-refractivity contribution is 5.77. The van der Waals surface area contributed by atoms with Gasteiger partial charge in [-0.2, -0.15) is 0 Å². The molecule has 116 valence electrons. The molecule has 0 bridgehead atoms. The molecule has 7 heteroatoms. The number of methoxy groups -OCH3 is 1. The molecule has 0 saturated carbocycles. The number of hydrogen-bond acceptors (Lipinski definition) is 5. The molecule has 2 rings (SSSR count). The molecule has 21 heavy (non-hydrogen) atoms. The molecule has 7 nitrogen and oxygen atoms in total. The van der Waals surface area contributed by atoms with E-state index in [0.717, 1.165) is 18.6 Å². The Hall–Kier alpha value is -1.86. The maximum atomic E-state index is 5.75. The molecule has 0 spiro atoms. The number of nitrogens with one attached hydrogen (secondary N) is 1. The van der Waals surface area contributed by atoms with Crippen molar-refractivity contribution in [2.45, 2.75) is 19.1 Å². The summed E-state index contributed by atoms with van der Waals surface area (Å²) in [4.78, 5) is 8.46. The van der Waals surface area contributed by atoms with Gasteiger partial charge >= 0.3 is 0 Å². The zero-order valence-electron chi connectivity index (χ0n) is 12.2. The average Bonchev–Trinajstić information content (AvgIpc) is 2.99. The van der Waals surface area contributed by atoms with Gasteiger partial charge in [-0.1, -0.05) is 0 Å². The molecule has 0 amide bonds. The second kappa shape index (κ2) is 8.43. The van der Waals surface area contributed by atoms with Gasteiger partial charge in [-0.05, 0) is 11.6 Å². The predicted molar refractivity (Wildman–Crippen MR) is 79.3 cm³/mol. The van der Waals surface area contributed by atoms with Gasteiger partial charge in [0.05, 0.1) is 26.4 Å². The van der Waals surface area contributed by atoms with Crippen LogP contribution in [0.1, 0.15) is 12.0 Å². The molecule has 1 fully saturated rings. The SMILES string of the molecule is COCCNC(N)=NCc1ccnc(OC2CCOC2)c1. The number of nitrogens with two attached hydrogens (primary N) is 1. The summed E-state index contributed by atoms with van der Waals surface area (Å²) in [6, 6.07) is 3.77. The van der Waals surface area contributed by atoms with E-state index in [0.29, 0.717) is 38.1 Å². The summed E-state index contributed by atoms with van der Waals surface area (Å²) in [5.74, 6) is 1.000. The molecular weight excluding hydrogens is 272 g/mol. The summed E-state index contributed by atoms with van der Waals surface area (Å²) < 4.78 is 16.0. The van der Waals surface area contributed by atoms with Crippen LogP contribution in [0.4, 0.5) is 0 Å². The first-order valence-corrected chi connectivity index (χ1v) is 7.00. The number of rotatable bonds is 7. The van der Waals surface area contributed by atoms with Crippen molar-refractivity contribution >= 4 is 5.96 Å². The number of nitrogens with zero attached hydrogens (tertiary/aromatic N) is 2. The fourth-order valence-electron chi connectivity index (χ4n) is 1.90. The van der Waals surface area contributed by atoms with Crippen molar-refractivity contribution in [3.05, 3.63) is 23.9 Å². The number of pyridine rings is 1. The zero-order valence-corrected chi connectivity index (χ0v) is 12.2. The summed E-state index contributed by atoms with van der Waals surface area (Å²) in [6.45, 7) is 3.08. The van der Waals surface area contributed by atoms with E-state index >= 15 is 0 Å². The van der Waals surface area contributed by atoms with Crippen molar-refractivity contribution in [2.24, 2.45) is 10.7 Å². The highest BCUT2D eigenvalue weighted by atomic mass is 16.5. The lowest BCUT2D eigenvalue weighted by molar-refractivity contribution is 0.138. The largest absolute Gasteiger partial charge is 0.472 e. The van der Waals surface area contributed by atoms with Crippen LogP contribution in [-0.4, -0.2) is 50.5 Å². The molecule has 1 atom stereocenters. The first-order valence-electron chi connectivity index (χ1n) is 7.00. The number of aromatic nitrogens is 1. The number of hydrogen-bond donors (Lipinski definition) is 2. The fraction of sp³-hybridized carbons (Fsp3) is 0.571. The predicted octanol–water partition coefficient (Wildman–Crippen LogP) is 0.300. The summed E-state index contributed by atoms with van der Waals surface area (Å²) in [7, 11) is 1.64. The number of guanidine groups is 1. The van der Waals surface area contributed by atoms with Gasteiger partial charge in [0, 0.05) is 32.3 Å². The van der Waals surface area contributed by atoms with Crippen LogP contribution in [0.5, 0.6) is 5.88 Å². The molecule has 2 heterocycles. The standard InChI is InChI=1S/C14H22N4O3/c1-19-7-5-17-14(15)18-9-11-2-4-16-13(8-11)21-12-3-6-20-10-12/h2,4,8,12H,3,5-7,9-10H2,1H3,(H3,15,17,18). The minimum Gasteiger partial charge on any atom is -0.472 e. The van der Waals surface area contributed by atoms with Crippen LogP contribution in [0, 0.1) is 0 Å². The molecular formula is C14H22N4O3. The first-order chi connectivity index (χ1) is 10.3. The maximum Gasteiger partial charge on any atom is 0.213 e. The van der Waals surface area contributed by atoms with Crippen molar-refractivity contribution in [3.63, 3.8) is 0 Å². The Morgan fingerprint density at radius 2 is 2.52 bits per heavy atom. The van der Waals surface area contributed by atoms with E-state index in [-0.39, 0.29) is 6.10 Å². The molecule has 1 aromatic rings. The topological polar surface area (TPSA) is 91.0 Å². The Bertz CT molecular complexity index is 461. The summed E-state index contributed by atoms with van der Waals surface area (Å²) in [5, 5.41) is 2.97. The van der Waals surface area contributed by atoms with E-state index in [1.807, 2.05) is 12.1 Å². The molecule has 0 radical (unpaired) electrons. The monoisotopic (exact) mass is 294 g/mol. The molecule has 3 N–H and O–H groups in total. The molecule has 0 aliphatic carbocycles. The van der Waals surface area contributed by atoms with Crippen LogP contribution < -0.4 is 15.8 Å². The lowest BCUT2D eigenvalue weighted by Gasteiger charge is -2.11. The normalized spacial score (nSPS) is 18.7. The van der Waals surface area contributed by atoms with Gasteiger partial charge in [-0.15, -0.1) is 0 Å². The van der Waals surface area contributed by atoms with Crippen LogP contribution in [0.25, 0.3) is 0 Å². The highest BCUT2D eigenvalue weighted by Crippen LogP contribution is 2.16. The summed E-state index contributed by atoms with van der Waals surface area (Å²) >= 11 is 0. The summed E-state index contributed by atoms with van der Waals surface area (Å²) in [6.07, 6.45) is 2.71. The van der Waals surface area contributed by atoms with Gasteiger partial charge in [-0.25, -0.2) is 9.98 Å². The maximum absolute atomic E-state index is 5.75. The second-order valence-corrected chi connectivity index (χ2v) is 4.73. The van der Waals surface area contributed by atoms with Gasteiger partial charge in [0.1, 0.15) is 6.10 Å². The molecule has 1 saturated heterocycles. The Labute approximate surface area is 124 Å². The van der Waals surface area contributed by atoms with Gasteiger partial charge in [-0.3, -0.25) is 0 Å². The quantitative estimate of drug-likeness (QED) is 0.427. The lowest BCUT2D eigenvalue weighted by atomic mass is 10.2. The Kier molecular flexibility index (Phi) is 6.23. The average molecular weight is 294 g/mol. The first kappa shape index (κ1) is 15.5. The van der Waals surface area contributed by atoms with E-state index in [1.165, 1.54) is 0 Å². The molecule has 1 aliphatic rings. The van der Waals surface area contributed by atoms with Crippen molar-refractivity contribution in [2.75, 3.05) is 33.5 Å². The summed E-state index contributed by atoms with van der Waals surface area (Å²) in [5.41, 5.74) is 6.75. The Balaban J connectivity index is 1.83. The van der Waals surface area contributed by atoms with Crippen LogP contribution in [-0.2, 0) is 16.0 Å². The third-order valence-electron chi connectivity index (χ3n) is 3.02. The highest BCUT2D eigenvalue weighted by Gasteiger charge is 2.17. The van der Waals surface area contributed by atoms with E-state index in [4.69, 9.17) is 19.9 Å². The molecule has 1 aromatic heterocycles. The van der Waals surface area contributed by atoms with E-state index in [2.05, 4.69) is 15.3 Å². The van der Waals surface area contributed by atoms with E-state index < -0.39 is 0 Å². The van der Waals surface area contributed by atoms with Gasteiger partial charge in [0.15, 0.2) is 5.96 Å². The van der Waals surface area contributed by atoms with Crippen molar-refractivity contribution in [3.8, 4) is 5.88 Å².